The molecule has 1 aromatic carbocycles. The van der Waals surface area contributed by atoms with Crippen LogP contribution in [-0.2, 0) is 16.6 Å². The highest BCUT2D eigenvalue weighted by Gasteiger charge is 2.29. The number of hydrogen-bond acceptors (Lipinski definition) is 5. The quantitative estimate of drug-likeness (QED) is 0.561. The molecule has 0 spiro atoms. The Morgan fingerprint density at radius 3 is 2.53 bits per heavy atom. The number of rotatable bonds is 5. The van der Waals surface area contributed by atoms with E-state index in [1.165, 1.54) is 44.4 Å². The number of benzene rings is 1. The van der Waals surface area contributed by atoms with Crippen LogP contribution >= 0.6 is 0 Å². The molecule has 1 aliphatic carbocycles. The van der Waals surface area contributed by atoms with Gasteiger partial charge in [0.2, 0.25) is 0 Å². The summed E-state index contributed by atoms with van der Waals surface area (Å²) in [6.45, 7) is 0.202. The lowest BCUT2D eigenvalue weighted by molar-refractivity contribution is -0.153. The average molecular weight is 469 g/mol. The molecular formula is C22H27F3N4O2S. The van der Waals surface area contributed by atoms with Crippen molar-refractivity contribution in [3.8, 4) is 5.75 Å². The van der Waals surface area contributed by atoms with Crippen LogP contribution in [0.5, 0.6) is 5.75 Å². The highest BCUT2D eigenvalue weighted by molar-refractivity contribution is 7.84. The Morgan fingerprint density at radius 2 is 1.91 bits per heavy atom. The van der Waals surface area contributed by atoms with Gasteiger partial charge in [-0.25, -0.2) is 4.98 Å². The molecule has 1 fully saturated rings. The largest absolute Gasteiger partial charge is 0.484 e. The van der Waals surface area contributed by atoms with E-state index in [2.05, 4.69) is 15.0 Å². The number of nitrogens with zero attached hydrogens (tertiary/aromatic N) is 2. The molecule has 0 bridgehead atoms. The monoisotopic (exact) mass is 468 g/mol. The molecule has 3 N–H and O–H groups in total. The van der Waals surface area contributed by atoms with Crippen LogP contribution in [0.3, 0.4) is 0 Å². The number of pyridine rings is 1. The third-order valence-electron chi connectivity index (χ3n) is 5.15. The molecule has 0 aliphatic heterocycles. The Morgan fingerprint density at radius 1 is 1.19 bits per heavy atom. The van der Waals surface area contributed by atoms with Crippen LogP contribution in [0.25, 0.3) is 11.0 Å². The second-order valence-electron chi connectivity index (χ2n) is 7.73. The van der Waals surface area contributed by atoms with Crippen LogP contribution in [0.4, 0.5) is 13.2 Å². The van der Waals surface area contributed by atoms with Gasteiger partial charge in [0.05, 0.1) is 33.3 Å². The van der Waals surface area contributed by atoms with Crippen molar-refractivity contribution in [1.29, 1.82) is 0 Å². The highest BCUT2D eigenvalue weighted by atomic mass is 32.2. The lowest BCUT2D eigenvalue weighted by Crippen LogP contribution is -2.22. The third-order valence-corrected chi connectivity index (χ3v) is 6.31. The molecule has 1 atom stereocenters. The van der Waals surface area contributed by atoms with Crippen molar-refractivity contribution in [3.05, 3.63) is 47.8 Å². The molecule has 10 heteroatoms. The molecule has 1 aliphatic rings. The minimum Gasteiger partial charge on any atom is -0.484 e. The molecule has 2 aromatic heterocycles. The van der Waals surface area contributed by atoms with Crippen LogP contribution in [0.15, 0.2) is 41.7 Å². The van der Waals surface area contributed by atoms with E-state index in [4.69, 9.17) is 10.5 Å². The van der Waals surface area contributed by atoms with Gasteiger partial charge >= 0.3 is 6.18 Å². The molecule has 1 unspecified atom stereocenters. The van der Waals surface area contributed by atoms with Crippen molar-refractivity contribution in [3.63, 3.8) is 0 Å². The smallest absolute Gasteiger partial charge is 0.422 e. The molecule has 4 rings (SSSR count). The zero-order valence-corrected chi connectivity index (χ0v) is 18.6. The normalized spacial score (nSPS) is 15.8. The number of aromatic amines is 1. The van der Waals surface area contributed by atoms with Gasteiger partial charge in [-0.15, -0.1) is 0 Å². The number of nitrogens with two attached hydrogens (primary N) is 1. The molecule has 0 amide bonds. The van der Waals surface area contributed by atoms with Crippen molar-refractivity contribution in [2.24, 2.45) is 5.73 Å². The summed E-state index contributed by atoms with van der Waals surface area (Å²) in [6, 6.07) is 9.16. The van der Waals surface area contributed by atoms with Gasteiger partial charge in [0, 0.05) is 17.8 Å². The van der Waals surface area contributed by atoms with Crippen molar-refractivity contribution < 1.29 is 22.1 Å². The van der Waals surface area contributed by atoms with Gasteiger partial charge in [-0.05, 0) is 38.0 Å². The fourth-order valence-electron chi connectivity index (χ4n) is 3.38. The second kappa shape index (κ2) is 10.9. The number of ether oxygens (including phenoxy) is 1. The summed E-state index contributed by atoms with van der Waals surface area (Å²) >= 11 is 0. The first-order valence-electron chi connectivity index (χ1n) is 10.5. The fraction of sp³-hybridized carbons (Fsp3) is 0.455. The number of aromatic nitrogens is 3. The number of alkyl halides is 3. The van der Waals surface area contributed by atoms with Gasteiger partial charge < -0.3 is 15.5 Å². The van der Waals surface area contributed by atoms with E-state index in [0.717, 1.165) is 5.52 Å². The second-order valence-corrected chi connectivity index (χ2v) is 9.10. The van der Waals surface area contributed by atoms with Crippen molar-refractivity contribution in [2.45, 2.75) is 62.2 Å². The summed E-state index contributed by atoms with van der Waals surface area (Å²) in [4.78, 5) is 11.3. The first kappa shape index (κ1) is 24.2. The van der Waals surface area contributed by atoms with E-state index in [9.17, 15) is 17.4 Å². The summed E-state index contributed by atoms with van der Waals surface area (Å²) in [6.07, 6.45) is 3.58. The minimum atomic E-state index is -4.42. The number of halogens is 3. The maximum absolute atomic E-state index is 12.5. The number of para-hydroxylation sites is 2. The van der Waals surface area contributed by atoms with Crippen molar-refractivity contribution in [1.82, 2.24) is 15.0 Å². The third kappa shape index (κ3) is 7.03. The first-order valence-corrected chi connectivity index (χ1v) is 11.8. The summed E-state index contributed by atoms with van der Waals surface area (Å²) in [7, 11) is -1.51. The fourth-order valence-corrected chi connectivity index (χ4v) is 4.48. The van der Waals surface area contributed by atoms with E-state index < -0.39 is 23.6 Å². The van der Waals surface area contributed by atoms with E-state index in [1.807, 2.05) is 18.2 Å². The Kier molecular flexibility index (Phi) is 8.25. The lowest BCUT2D eigenvalue weighted by Gasteiger charge is -2.15. The minimum absolute atomic E-state index is 0.0227. The molecule has 3 aromatic rings. The SMILES string of the molecule is Cc1c(OCC(F)(F)F)ccnc1CS(=O)c1nc2ccccc2[nH]1.NC1CCCCC1. The van der Waals surface area contributed by atoms with Gasteiger partial charge in [-0.1, -0.05) is 31.4 Å². The number of fused-ring (bicyclic) bond motifs is 1. The highest BCUT2D eigenvalue weighted by Crippen LogP contribution is 2.24. The van der Waals surface area contributed by atoms with Crippen LogP contribution in [0, 0.1) is 6.92 Å². The van der Waals surface area contributed by atoms with E-state index >= 15 is 0 Å². The van der Waals surface area contributed by atoms with Gasteiger partial charge in [-0.2, -0.15) is 13.2 Å². The van der Waals surface area contributed by atoms with Crippen molar-refractivity contribution >= 4 is 21.8 Å². The van der Waals surface area contributed by atoms with E-state index in [0.29, 0.717) is 28.0 Å². The molecule has 0 saturated heterocycles. The maximum atomic E-state index is 12.5. The molecular weight excluding hydrogens is 441 g/mol. The number of hydrogen-bond donors (Lipinski definition) is 2. The number of nitrogens with one attached hydrogen (secondary N) is 1. The van der Waals surface area contributed by atoms with Crippen molar-refractivity contribution in [2.75, 3.05) is 6.61 Å². The molecule has 1 saturated carbocycles. The zero-order chi connectivity index (χ0) is 23.1. The Bertz CT molecular complexity index is 1020. The standard InChI is InChI=1S/C16H14F3N3O2S.C6H13N/c1-10-13(20-7-6-14(10)24-9-16(17,18)19)8-25(23)15-21-11-4-2-3-5-12(11)22-15;7-6-4-2-1-3-5-6/h2-7H,8-9H2,1H3,(H,21,22);6H,1-5,7H2. The van der Waals surface area contributed by atoms with Crippen LogP contribution < -0.4 is 10.5 Å². The molecule has 0 radical (unpaired) electrons. The van der Waals surface area contributed by atoms with E-state index in [1.54, 1.807) is 13.0 Å². The molecule has 2 heterocycles. The van der Waals surface area contributed by atoms with E-state index in [-0.39, 0.29) is 11.5 Å². The van der Waals surface area contributed by atoms with Gasteiger partial charge in [0.25, 0.3) is 0 Å². The predicted octanol–water partition coefficient (Wildman–Crippen LogP) is 4.79. The number of H-pyrrole nitrogens is 1. The Labute approximate surface area is 187 Å². The average Bonchev–Trinajstić information content (AvgIpc) is 3.19. The summed E-state index contributed by atoms with van der Waals surface area (Å²) in [5.41, 5.74) is 7.92. The van der Waals surface area contributed by atoms with Gasteiger partial charge in [0.15, 0.2) is 11.8 Å². The Balaban J connectivity index is 0.000000352. The van der Waals surface area contributed by atoms with Gasteiger partial charge in [-0.3, -0.25) is 9.19 Å². The van der Waals surface area contributed by atoms with Crippen LogP contribution in [-0.4, -0.2) is 38.0 Å². The lowest BCUT2D eigenvalue weighted by atomic mass is 9.97. The summed E-state index contributed by atoms with van der Waals surface area (Å²) in [5.74, 6) is 0.0958. The van der Waals surface area contributed by atoms with Crippen LogP contribution in [0.2, 0.25) is 0 Å². The van der Waals surface area contributed by atoms with Crippen LogP contribution in [0.1, 0.15) is 43.4 Å². The summed E-state index contributed by atoms with van der Waals surface area (Å²) in [5, 5.41) is 0.295. The molecule has 6 nitrogen and oxygen atoms in total. The predicted molar refractivity (Wildman–Crippen MR) is 118 cm³/mol. The zero-order valence-electron chi connectivity index (χ0n) is 17.8. The number of imidazole rings is 1. The molecule has 32 heavy (non-hydrogen) atoms. The summed E-state index contributed by atoms with van der Waals surface area (Å²) < 4.78 is 54.2. The first-order chi connectivity index (χ1) is 15.2. The topological polar surface area (TPSA) is 93.9 Å². The Hall–Kier alpha value is -2.46. The maximum Gasteiger partial charge on any atom is 0.422 e. The molecule has 174 valence electrons. The van der Waals surface area contributed by atoms with Gasteiger partial charge in [0.1, 0.15) is 5.75 Å².